The van der Waals surface area contributed by atoms with Crippen molar-refractivity contribution >= 4 is 23.5 Å². The quantitative estimate of drug-likeness (QED) is 0.360. The van der Waals surface area contributed by atoms with Gasteiger partial charge >= 0.3 is 0 Å². The van der Waals surface area contributed by atoms with Crippen molar-refractivity contribution < 1.29 is 19.1 Å². The van der Waals surface area contributed by atoms with Gasteiger partial charge in [-0.25, -0.2) is 14.4 Å². The molecule has 1 atom stereocenters. The number of phenols is 1. The van der Waals surface area contributed by atoms with Gasteiger partial charge in [-0.2, -0.15) is 0 Å². The van der Waals surface area contributed by atoms with Crippen LogP contribution in [0, 0.1) is 24.6 Å². The molecule has 2 aromatic heterocycles. The van der Waals surface area contributed by atoms with E-state index in [0.29, 0.717) is 33.6 Å². The number of nitrogens with one attached hydrogen (secondary N) is 1. The minimum atomic E-state index is -1.32. The van der Waals surface area contributed by atoms with Crippen molar-refractivity contribution in [3.05, 3.63) is 112 Å². The third-order valence-electron chi connectivity index (χ3n) is 6.25. The lowest BCUT2D eigenvalue weighted by atomic mass is 9.98. The molecule has 5 rings (SSSR count). The lowest BCUT2D eigenvalue weighted by molar-refractivity contribution is -0.120. The van der Waals surface area contributed by atoms with E-state index in [-0.39, 0.29) is 23.7 Å². The minimum absolute atomic E-state index is 0.0342. The van der Waals surface area contributed by atoms with Crippen LogP contribution < -0.4 is 11.1 Å². The first-order valence-electron chi connectivity index (χ1n) is 11.7. The molecular formula is C29H22FN5O3. The molecule has 9 heteroatoms. The Morgan fingerprint density at radius 3 is 2.71 bits per heavy atom. The summed E-state index contributed by atoms with van der Waals surface area (Å²) in [7, 11) is 0. The van der Waals surface area contributed by atoms with Crippen molar-refractivity contribution in [2.75, 3.05) is 11.1 Å². The van der Waals surface area contributed by atoms with Gasteiger partial charge in [0.2, 0.25) is 0 Å². The number of hydrogen-bond donors (Lipinski definition) is 3. The van der Waals surface area contributed by atoms with Crippen molar-refractivity contribution in [1.82, 2.24) is 14.9 Å². The molecule has 4 N–H and O–H groups in total. The second kappa shape index (κ2) is 10.0. The SMILES string of the molecule is Cc1c(C#Cc2ccc(N)nc2)ccc2c1C(=O)N([C@@H](C(=O)Nc1ccccn1)c1cc(F)ccc1O)C2. The first-order chi connectivity index (χ1) is 18.3. The van der Waals surface area contributed by atoms with Gasteiger partial charge in [-0.05, 0) is 66.6 Å². The Morgan fingerprint density at radius 1 is 1.13 bits per heavy atom. The number of amides is 2. The Balaban J connectivity index is 1.51. The monoisotopic (exact) mass is 507 g/mol. The predicted molar refractivity (Wildman–Crippen MR) is 139 cm³/mol. The highest BCUT2D eigenvalue weighted by molar-refractivity contribution is 6.05. The largest absolute Gasteiger partial charge is 0.508 e. The predicted octanol–water partition coefficient (Wildman–Crippen LogP) is 3.95. The molecule has 0 fully saturated rings. The van der Waals surface area contributed by atoms with Crippen LogP contribution in [0.2, 0.25) is 0 Å². The van der Waals surface area contributed by atoms with Crippen molar-refractivity contribution in [3.63, 3.8) is 0 Å². The molecule has 2 aromatic carbocycles. The fourth-order valence-corrected chi connectivity index (χ4v) is 4.39. The summed E-state index contributed by atoms with van der Waals surface area (Å²) in [5.41, 5.74) is 8.66. The minimum Gasteiger partial charge on any atom is -0.508 e. The third-order valence-corrected chi connectivity index (χ3v) is 6.25. The van der Waals surface area contributed by atoms with Crippen LogP contribution in [-0.2, 0) is 11.3 Å². The van der Waals surface area contributed by atoms with E-state index in [1.807, 2.05) is 6.07 Å². The van der Waals surface area contributed by atoms with Crippen LogP contribution in [-0.4, -0.2) is 31.8 Å². The first-order valence-corrected chi connectivity index (χ1v) is 11.7. The normalized spacial score (nSPS) is 12.9. The highest BCUT2D eigenvalue weighted by Crippen LogP contribution is 2.37. The van der Waals surface area contributed by atoms with E-state index in [1.54, 1.807) is 49.5 Å². The van der Waals surface area contributed by atoms with Crippen LogP contribution in [0.1, 0.15) is 44.2 Å². The molecule has 0 saturated heterocycles. The number of nitrogen functional groups attached to an aromatic ring is 1. The molecule has 0 spiro atoms. The molecule has 0 saturated carbocycles. The number of hydrogen-bond acceptors (Lipinski definition) is 6. The highest BCUT2D eigenvalue weighted by Gasteiger charge is 2.40. The van der Waals surface area contributed by atoms with E-state index in [1.165, 1.54) is 11.1 Å². The maximum atomic E-state index is 14.2. The summed E-state index contributed by atoms with van der Waals surface area (Å²) in [6.45, 7) is 1.87. The van der Waals surface area contributed by atoms with Crippen LogP contribution in [0.15, 0.2) is 73.1 Å². The summed E-state index contributed by atoms with van der Waals surface area (Å²) < 4.78 is 14.2. The van der Waals surface area contributed by atoms with Crippen LogP contribution in [0.3, 0.4) is 0 Å². The topological polar surface area (TPSA) is 121 Å². The van der Waals surface area contributed by atoms with Gasteiger partial charge in [-0.3, -0.25) is 9.59 Å². The molecular weight excluding hydrogens is 485 g/mol. The third kappa shape index (κ3) is 4.75. The van der Waals surface area contributed by atoms with E-state index in [9.17, 15) is 19.1 Å². The van der Waals surface area contributed by atoms with E-state index < -0.39 is 23.7 Å². The number of anilines is 2. The zero-order chi connectivity index (χ0) is 26.8. The molecule has 2 amide bonds. The highest BCUT2D eigenvalue weighted by atomic mass is 19.1. The molecule has 3 heterocycles. The molecule has 0 unspecified atom stereocenters. The maximum absolute atomic E-state index is 14.2. The molecule has 1 aliphatic heterocycles. The maximum Gasteiger partial charge on any atom is 0.255 e. The number of aromatic hydroxyl groups is 1. The summed E-state index contributed by atoms with van der Waals surface area (Å²) in [4.78, 5) is 36.6. The lowest BCUT2D eigenvalue weighted by Crippen LogP contribution is -2.38. The number of halogens is 1. The Morgan fingerprint density at radius 2 is 1.97 bits per heavy atom. The van der Waals surface area contributed by atoms with Crippen molar-refractivity contribution in [2.24, 2.45) is 0 Å². The molecule has 0 bridgehead atoms. The Bertz CT molecular complexity index is 1610. The van der Waals surface area contributed by atoms with E-state index in [0.717, 1.165) is 18.2 Å². The molecule has 8 nitrogen and oxygen atoms in total. The summed E-state index contributed by atoms with van der Waals surface area (Å²) in [6.07, 6.45) is 3.07. The second-order valence-corrected chi connectivity index (χ2v) is 8.74. The van der Waals surface area contributed by atoms with E-state index in [2.05, 4.69) is 27.1 Å². The Hall–Kier alpha value is -5.23. The summed E-state index contributed by atoms with van der Waals surface area (Å²) >= 11 is 0. The van der Waals surface area contributed by atoms with Gasteiger partial charge in [-0.15, -0.1) is 0 Å². The van der Waals surface area contributed by atoms with Gasteiger partial charge in [0, 0.05) is 41.2 Å². The van der Waals surface area contributed by atoms with Crippen molar-refractivity contribution in [2.45, 2.75) is 19.5 Å². The molecule has 0 aliphatic carbocycles. The number of nitrogens with two attached hydrogens (primary N) is 1. The smallest absolute Gasteiger partial charge is 0.255 e. The molecule has 38 heavy (non-hydrogen) atoms. The van der Waals surface area contributed by atoms with Gasteiger partial charge in [-0.1, -0.05) is 24.0 Å². The zero-order valence-electron chi connectivity index (χ0n) is 20.3. The van der Waals surface area contributed by atoms with E-state index in [4.69, 9.17) is 5.73 Å². The number of nitrogens with zero attached hydrogens (tertiary/aromatic N) is 3. The lowest BCUT2D eigenvalue weighted by Gasteiger charge is -2.27. The fourth-order valence-electron chi connectivity index (χ4n) is 4.39. The average Bonchev–Trinajstić information content (AvgIpc) is 3.24. The van der Waals surface area contributed by atoms with Crippen molar-refractivity contribution in [3.8, 4) is 17.6 Å². The van der Waals surface area contributed by atoms with Gasteiger partial charge < -0.3 is 21.1 Å². The number of aromatic nitrogens is 2. The average molecular weight is 508 g/mol. The van der Waals surface area contributed by atoms with Crippen molar-refractivity contribution in [1.29, 1.82) is 0 Å². The van der Waals surface area contributed by atoms with Crippen LogP contribution in [0.25, 0.3) is 0 Å². The second-order valence-electron chi connectivity index (χ2n) is 8.74. The van der Waals surface area contributed by atoms with E-state index >= 15 is 0 Å². The van der Waals surface area contributed by atoms with Gasteiger partial charge in [0.1, 0.15) is 29.2 Å². The number of phenolic OH excluding ortho intramolecular Hbond substituents is 1. The van der Waals surface area contributed by atoms with Gasteiger partial charge in [0.05, 0.1) is 0 Å². The van der Waals surface area contributed by atoms with Crippen LogP contribution in [0.4, 0.5) is 16.0 Å². The Labute approximate surface area is 218 Å². The number of benzene rings is 2. The van der Waals surface area contributed by atoms with Gasteiger partial charge in [0.25, 0.3) is 11.8 Å². The van der Waals surface area contributed by atoms with Crippen LogP contribution in [0.5, 0.6) is 5.75 Å². The summed E-state index contributed by atoms with van der Waals surface area (Å²) in [5.74, 6) is 4.70. The number of carbonyl (C=O) groups is 2. The molecule has 0 radical (unpaired) electrons. The summed E-state index contributed by atoms with van der Waals surface area (Å²) in [6, 6.07) is 14.0. The first kappa shape index (κ1) is 24.5. The number of fused-ring (bicyclic) bond motifs is 1. The number of pyridine rings is 2. The zero-order valence-corrected chi connectivity index (χ0v) is 20.3. The molecule has 4 aromatic rings. The standard InChI is InChI=1S/C29H22FN5O3/c1-17-19(7-5-18-6-12-24(31)33-15-18)8-9-20-16-35(29(38)26(17)20)27(22-14-21(30)10-11-23(22)36)28(37)34-25-4-2-3-13-32-25/h2-4,6,8-15,27,36H,16H2,1H3,(H2,31,33)(H,32,34,37)/t27-/m1/s1. The Kier molecular flexibility index (Phi) is 6.46. The molecule has 188 valence electrons. The van der Waals surface area contributed by atoms with Crippen LogP contribution >= 0.6 is 0 Å². The van der Waals surface area contributed by atoms with Gasteiger partial charge in [0.15, 0.2) is 0 Å². The molecule has 1 aliphatic rings. The number of carbonyl (C=O) groups excluding carboxylic acids is 2. The number of rotatable bonds is 4. The summed E-state index contributed by atoms with van der Waals surface area (Å²) in [5, 5.41) is 13.2. The fraction of sp³-hybridized carbons (Fsp3) is 0.103.